The maximum atomic E-state index is 12.7. The number of ether oxygens (including phenoxy) is 1. The highest BCUT2D eigenvalue weighted by Gasteiger charge is 2.41. The summed E-state index contributed by atoms with van der Waals surface area (Å²) in [6.45, 7) is 1.23. The van der Waals surface area contributed by atoms with Crippen molar-refractivity contribution in [1.29, 1.82) is 0 Å². The van der Waals surface area contributed by atoms with E-state index < -0.39 is 19.0 Å². The van der Waals surface area contributed by atoms with E-state index in [1.54, 1.807) is 0 Å². The largest absolute Gasteiger partial charge is 0.373 e. The summed E-state index contributed by atoms with van der Waals surface area (Å²) < 4.78 is 55.1. The zero-order chi connectivity index (χ0) is 15.2. The Labute approximate surface area is 127 Å². The van der Waals surface area contributed by atoms with E-state index in [1.165, 1.54) is 11.3 Å². The van der Waals surface area contributed by atoms with Gasteiger partial charge < -0.3 is 10.1 Å². The van der Waals surface area contributed by atoms with Gasteiger partial charge in [0.1, 0.15) is 6.61 Å². The van der Waals surface area contributed by atoms with Crippen LogP contribution in [0.25, 0.3) is 0 Å². The number of thiophene rings is 1. The molecule has 1 rings (SSSR count). The minimum atomic E-state index is -4.09. The molecule has 0 aliphatic rings. The summed E-state index contributed by atoms with van der Waals surface area (Å²) in [4.78, 5) is 1.06. The van der Waals surface area contributed by atoms with Crippen LogP contribution in [0.3, 0.4) is 0 Å². The molecule has 1 unspecified atom stereocenters. The van der Waals surface area contributed by atoms with Gasteiger partial charge in [-0.05, 0) is 41.0 Å². The molecule has 0 aliphatic carbocycles. The standard InChI is InChI=1S/C12H16BrF4NOS/c1-2-18-8(5-9-3-4-10(13)20-9)6-19-7-12(16,17)11(14)15/h3-4,8,11,18H,2,5-7H2,1H3. The maximum Gasteiger partial charge on any atom is 0.330 e. The van der Waals surface area contributed by atoms with E-state index >= 15 is 0 Å². The monoisotopic (exact) mass is 377 g/mol. The number of likely N-dealkylation sites (N-methyl/N-ethyl adjacent to an activating group) is 1. The van der Waals surface area contributed by atoms with Crippen LogP contribution in [-0.4, -0.2) is 38.1 Å². The highest BCUT2D eigenvalue weighted by molar-refractivity contribution is 9.11. The maximum absolute atomic E-state index is 12.7. The number of hydrogen-bond acceptors (Lipinski definition) is 3. The van der Waals surface area contributed by atoms with Gasteiger partial charge in [-0.25, -0.2) is 8.78 Å². The van der Waals surface area contributed by atoms with Crippen molar-refractivity contribution in [2.24, 2.45) is 0 Å². The lowest BCUT2D eigenvalue weighted by Crippen LogP contribution is -2.38. The summed E-state index contributed by atoms with van der Waals surface area (Å²) >= 11 is 4.88. The van der Waals surface area contributed by atoms with Gasteiger partial charge in [0, 0.05) is 10.9 Å². The molecule has 8 heteroatoms. The van der Waals surface area contributed by atoms with Gasteiger partial charge in [-0.1, -0.05) is 6.92 Å². The molecule has 1 heterocycles. The van der Waals surface area contributed by atoms with E-state index in [2.05, 4.69) is 21.2 Å². The zero-order valence-corrected chi connectivity index (χ0v) is 13.2. The molecule has 0 amide bonds. The lowest BCUT2D eigenvalue weighted by Gasteiger charge is -2.20. The van der Waals surface area contributed by atoms with Crippen LogP contribution in [0.2, 0.25) is 0 Å². The lowest BCUT2D eigenvalue weighted by molar-refractivity contribution is -0.167. The summed E-state index contributed by atoms with van der Waals surface area (Å²) in [7, 11) is 0. The van der Waals surface area contributed by atoms with Crippen molar-refractivity contribution in [3.8, 4) is 0 Å². The molecule has 0 aromatic carbocycles. The third-order valence-corrected chi connectivity index (χ3v) is 4.15. The summed E-state index contributed by atoms with van der Waals surface area (Å²) in [5.74, 6) is -4.09. The molecule has 1 atom stereocenters. The van der Waals surface area contributed by atoms with Crippen molar-refractivity contribution in [2.45, 2.75) is 31.7 Å². The average Bonchev–Trinajstić information content (AvgIpc) is 2.74. The summed E-state index contributed by atoms with van der Waals surface area (Å²) in [6, 6.07) is 3.64. The molecule has 0 saturated heterocycles. The Morgan fingerprint density at radius 3 is 2.60 bits per heavy atom. The van der Waals surface area contributed by atoms with E-state index in [0.29, 0.717) is 13.0 Å². The second kappa shape index (κ2) is 8.31. The summed E-state index contributed by atoms with van der Waals surface area (Å²) in [5, 5.41) is 3.09. The van der Waals surface area contributed by atoms with Crippen LogP contribution >= 0.6 is 27.3 Å². The van der Waals surface area contributed by atoms with Crippen molar-refractivity contribution in [3.05, 3.63) is 20.8 Å². The molecule has 1 aromatic rings. The molecule has 0 spiro atoms. The van der Waals surface area contributed by atoms with E-state index in [-0.39, 0.29) is 12.6 Å². The van der Waals surface area contributed by atoms with Gasteiger partial charge in [-0.15, -0.1) is 11.3 Å². The van der Waals surface area contributed by atoms with Crippen molar-refractivity contribution in [2.75, 3.05) is 19.8 Å². The first-order valence-corrected chi connectivity index (χ1v) is 7.67. The van der Waals surface area contributed by atoms with Gasteiger partial charge in [-0.3, -0.25) is 0 Å². The van der Waals surface area contributed by atoms with E-state index in [4.69, 9.17) is 4.74 Å². The lowest BCUT2D eigenvalue weighted by atomic mass is 10.2. The van der Waals surface area contributed by atoms with Gasteiger partial charge >= 0.3 is 12.3 Å². The molecule has 116 valence electrons. The Morgan fingerprint density at radius 1 is 1.40 bits per heavy atom. The van der Waals surface area contributed by atoms with E-state index in [9.17, 15) is 17.6 Å². The predicted octanol–water partition coefficient (Wildman–Crippen LogP) is 3.95. The van der Waals surface area contributed by atoms with Gasteiger partial charge in [-0.2, -0.15) is 8.78 Å². The van der Waals surface area contributed by atoms with Crippen molar-refractivity contribution >= 4 is 27.3 Å². The van der Waals surface area contributed by atoms with Crippen LogP contribution in [0.1, 0.15) is 11.8 Å². The second-order valence-corrected chi connectivity index (χ2v) is 6.79. The molecule has 0 fully saturated rings. The topological polar surface area (TPSA) is 21.3 Å². The summed E-state index contributed by atoms with van der Waals surface area (Å²) in [6.07, 6.45) is -3.10. The SMILES string of the molecule is CCNC(COCC(F)(F)C(F)F)Cc1ccc(Br)s1. The van der Waals surface area contributed by atoms with Crippen molar-refractivity contribution in [1.82, 2.24) is 5.32 Å². The Morgan fingerprint density at radius 2 is 2.10 bits per heavy atom. The fraction of sp³-hybridized carbons (Fsp3) is 0.667. The van der Waals surface area contributed by atoms with E-state index in [0.717, 1.165) is 8.66 Å². The summed E-state index contributed by atoms with van der Waals surface area (Å²) in [5.41, 5.74) is 0. The number of rotatable bonds is 9. The fourth-order valence-corrected chi connectivity index (χ4v) is 3.15. The minimum absolute atomic E-state index is 0.0360. The quantitative estimate of drug-likeness (QED) is 0.658. The highest BCUT2D eigenvalue weighted by Crippen LogP contribution is 2.24. The van der Waals surface area contributed by atoms with Crippen molar-refractivity contribution in [3.63, 3.8) is 0 Å². The van der Waals surface area contributed by atoms with Crippen LogP contribution in [-0.2, 0) is 11.2 Å². The van der Waals surface area contributed by atoms with Crippen molar-refractivity contribution < 1.29 is 22.3 Å². The number of alkyl halides is 4. The van der Waals surface area contributed by atoms with E-state index in [1.807, 2.05) is 19.1 Å². The molecule has 2 nitrogen and oxygen atoms in total. The predicted molar refractivity (Wildman–Crippen MR) is 75.0 cm³/mol. The van der Waals surface area contributed by atoms with Crippen LogP contribution in [0.5, 0.6) is 0 Å². The first-order valence-electron chi connectivity index (χ1n) is 6.06. The average molecular weight is 378 g/mol. The molecular formula is C12H16BrF4NOS. The normalized spacial score (nSPS) is 13.9. The Bertz CT molecular complexity index is 403. The molecule has 0 saturated carbocycles. The van der Waals surface area contributed by atoms with Gasteiger partial charge in [0.2, 0.25) is 0 Å². The number of halogens is 5. The Hall–Kier alpha value is -0.180. The molecule has 1 N–H and O–H groups in total. The fourth-order valence-electron chi connectivity index (χ4n) is 1.58. The Balaban J connectivity index is 2.43. The van der Waals surface area contributed by atoms with Crippen LogP contribution in [0, 0.1) is 0 Å². The van der Waals surface area contributed by atoms with Gasteiger partial charge in [0.25, 0.3) is 0 Å². The van der Waals surface area contributed by atoms with Gasteiger partial charge in [0.15, 0.2) is 0 Å². The minimum Gasteiger partial charge on any atom is -0.373 e. The van der Waals surface area contributed by atoms with Crippen LogP contribution < -0.4 is 5.32 Å². The first kappa shape index (κ1) is 17.9. The van der Waals surface area contributed by atoms with Crippen LogP contribution in [0.15, 0.2) is 15.9 Å². The molecular weight excluding hydrogens is 362 g/mol. The van der Waals surface area contributed by atoms with Gasteiger partial charge in [0.05, 0.1) is 10.4 Å². The molecule has 0 bridgehead atoms. The second-order valence-electron chi connectivity index (χ2n) is 4.24. The molecule has 0 aliphatic heterocycles. The van der Waals surface area contributed by atoms with Crippen LogP contribution in [0.4, 0.5) is 17.6 Å². The highest BCUT2D eigenvalue weighted by atomic mass is 79.9. The number of hydrogen-bond donors (Lipinski definition) is 1. The first-order chi connectivity index (χ1) is 9.35. The number of nitrogens with one attached hydrogen (secondary N) is 1. The third-order valence-electron chi connectivity index (χ3n) is 2.50. The molecule has 20 heavy (non-hydrogen) atoms. The smallest absolute Gasteiger partial charge is 0.330 e. The molecule has 1 aromatic heterocycles. The zero-order valence-electron chi connectivity index (χ0n) is 10.8. The molecule has 0 radical (unpaired) electrons. The third kappa shape index (κ3) is 6.07. The Kier molecular flexibility index (Phi) is 7.42.